The molecule has 0 saturated carbocycles. The SMILES string of the molecule is CCCC/C=C\CCCCCCCC(=O)OCCCCCCCCCCC/C=C\C/C=C\CCCCCCCCCCCCCC(=O)NC(CO)C(O)CCCCCCCCCCCCCCC. The van der Waals surface area contributed by atoms with Gasteiger partial charge < -0.3 is 20.3 Å². The van der Waals surface area contributed by atoms with Gasteiger partial charge in [-0.25, -0.2) is 0 Å². The van der Waals surface area contributed by atoms with Gasteiger partial charge in [0, 0.05) is 12.8 Å². The zero-order valence-electron chi connectivity index (χ0n) is 45.6. The maximum absolute atomic E-state index is 12.5. The van der Waals surface area contributed by atoms with Crippen LogP contribution in [-0.2, 0) is 14.3 Å². The largest absolute Gasteiger partial charge is 0.466 e. The zero-order chi connectivity index (χ0) is 49.3. The van der Waals surface area contributed by atoms with Gasteiger partial charge in [0.05, 0.1) is 25.4 Å². The Morgan fingerprint density at radius 1 is 0.412 bits per heavy atom. The van der Waals surface area contributed by atoms with Crippen molar-refractivity contribution in [1.82, 2.24) is 5.32 Å². The summed E-state index contributed by atoms with van der Waals surface area (Å²) in [6.07, 6.45) is 71.5. The van der Waals surface area contributed by atoms with Gasteiger partial charge in [0.15, 0.2) is 0 Å². The number of esters is 1. The average molecular weight is 957 g/mol. The maximum Gasteiger partial charge on any atom is 0.305 e. The minimum atomic E-state index is -0.666. The van der Waals surface area contributed by atoms with E-state index in [0.717, 1.165) is 51.4 Å². The summed E-state index contributed by atoms with van der Waals surface area (Å²) in [7, 11) is 0. The smallest absolute Gasteiger partial charge is 0.305 e. The summed E-state index contributed by atoms with van der Waals surface area (Å²) in [5.41, 5.74) is 0. The highest BCUT2D eigenvalue weighted by molar-refractivity contribution is 5.76. The summed E-state index contributed by atoms with van der Waals surface area (Å²) in [6.45, 7) is 4.91. The molecule has 0 aliphatic carbocycles. The number of nitrogens with one attached hydrogen (secondary N) is 1. The fraction of sp³-hybridized carbons (Fsp3) is 0.871. The lowest BCUT2D eigenvalue weighted by molar-refractivity contribution is -0.143. The summed E-state index contributed by atoms with van der Waals surface area (Å²) >= 11 is 0. The predicted octanol–water partition coefficient (Wildman–Crippen LogP) is 18.8. The molecule has 1 amide bonds. The van der Waals surface area contributed by atoms with Gasteiger partial charge in [-0.15, -0.1) is 0 Å². The number of amides is 1. The van der Waals surface area contributed by atoms with Crippen molar-refractivity contribution in [3.8, 4) is 0 Å². The van der Waals surface area contributed by atoms with Gasteiger partial charge in [-0.1, -0.05) is 269 Å². The third-order valence-corrected chi connectivity index (χ3v) is 13.9. The molecule has 0 aliphatic rings. The first kappa shape index (κ1) is 66.1. The Bertz CT molecular complexity index is 1100. The molecule has 400 valence electrons. The van der Waals surface area contributed by atoms with Crippen molar-refractivity contribution in [2.75, 3.05) is 13.2 Å². The van der Waals surface area contributed by atoms with Crippen LogP contribution >= 0.6 is 0 Å². The molecule has 0 heterocycles. The molecule has 0 aliphatic heterocycles. The number of rotatable bonds is 56. The number of aliphatic hydroxyl groups excluding tert-OH is 2. The molecule has 0 aromatic heterocycles. The topological polar surface area (TPSA) is 95.9 Å². The Kier molecular flexibility index (Phi) is 56.0. The van der Waals surface area contributed by atoms with Crippen molar-refractivity contribution in [1.29, 1.82) is 0 Å². The molecule has 6 heteroatoms. The van der Waals surface area contributed by atoms with Gasteiger partial charge in [0.1, 0.15) is 0 Å². The standard InChI is InChI=1S/C62H117NO5/c1-3-5-7-9-11-13-15-31-35-38-42-46-50-54-60(65)59(58-64)63-61(66)55-51-47-43-39-36-32-29-27-25-23-21-19-17-16-18-20-22-24-26-28-30-33-37-41-45-49-53-57-68-62(67)56-52-48-44-40-34-14-12-10-8-6-4-2/h10,12,16-17,20,22,59-60,64-65H,3-9,11,13-15,18-19,21,23-58H2,1-2H3,(H,63,66)/b12-10-,17-16-,22-20-. The summed E-state index contributed by atoms with van der Waals surface area (Å²) in [4.78, 5) is 24.4. The molecule has 6 nitrogen and oxygen atoms in total. The lowest BCUT2D eigenvalue weighted by atomic mass is 10.0. The van der Waals surface area contributed by atoms with Crippen LogP contribution in [0.2, 0.25) is 0 Å². The van der Waals surface area contributed by atoms with Crippen LogP contribution in [0.3, 0.4) is 0 Å². The molecular weight excluding hydrogens is 839 g/mol. The van der Waals surface area contributed by atoms with Crippen LogP contribution in [0.5, 0.6) is 0 Å². The molecule has 0 aromatic carbocycles. The Morgan fingerprint density at radius 3 is 1.18 bits per heavy atom. The van der Waals surface area contributed by atoms with Crippen molar-refractivity contribution in [3.05, 3.63) is 36.5 Å². The van der Waals surface area contributed by atoms with Gasteiger partial charge in [-0.05, 0) is 77.0 Å². The molecule has 68 heavy (non-hydrogen) atoms. The van der Waals surface area contributed by atoms with Crippen LogP contribution in [0.4, 0.5) is 0 Å². The second-order valence-corrected chi connectivity index (χ2v) is 20.7. The fourth-order valence-corrected chi connectivity index (χ4v) is 9.24. The quantitative estimate of drug-likeness (QED) is 0.0321. The number of ether oxygens (including phenoxy) is 1. The Hall–Kier alpha value is -1.92. The second-order valence-electron chi connectivity index (χ2n) is 20.7. The summed E-state index contributed by atoms with van der Waals surface area (Å²) in [5.74, 6) is -0.0384. The minimum absolute atomic E-state index is 0.000698. The number of hydrogen-bond donors (Lipinski definition) is 3. The van der Waals surface area contributed by atoms with Crippen LogP contribution < -0.4 is 5.32 Å². The van der Waals surface area contributed by atoms with Crippen molar-refractivity contribution in [3.63, 3.8) is 0 Å². The molecular formula is C62H117NO5. The summed E-state index contributed by atoms with van der Waals surface area (Å²) in [5, 5.41) is 23.2. The highest BCUT2D eigenvalue weighted by Gasteiger charge is 2.20. The van der Waals surface area contributed by atoms with E-state index in [4.69, 9.17) is 4.74 Å². The first-order valence-corrected chi connectivity index (χ1v) is 30.2. The third-order valence-electron chi connectivity index (χ3n) is 13.9. The Labute approximate surface area is 424 Å². The van der Waals surface area contributed by atoms with Crippen molar-refractivity contribution >= 4 is 11.9 Å². The van der Waals surface area contributed by atoms with E-state index in [1.54, 1.807) is 0 Å². The van der Waals surface area contributed by atoms with Crippen LogP contribution in [0.15, 0.2) is 36.5 Å². The van der Waals surface area contributed by atoms with E-state index < -0.39 is 12.1 Å². The maximum atomic E-state index is 12.5. The average Bonchev–Trinajstić information content (AvgIpc) is 3.34. The highest BCUT2D eigenvalue weighted by Crippen LogP contribution is 2.17. The first-order chi connectivity index (χ1) is 33.5. The molecule has 0 bridgehead atoms. The molecule has 3 N–H and O–H groups in total. The molecule has 0 saturated heterocycles. The molecule has 2 unspecified atom stereocenters. The zero-order valence-corrected chi connectivity index (χ0v) is 45.6. The molecule has 0 spiro atoms. The van der Waals surface area contributed by atoms with E-state index in [1.807, 2.05) is 0 Å². The third kappa shape index (κ3) is 53.4. The van der Waals surface area contributed by atoms with E-state index in [1.165, 1.54) is 238 Å². The van der Waals surface area contributed by atoms with Gasteiger partial charge in [0.25, 0.3) is 0 Å². The van der Waals surface area contributed by atoms with Crippen LogP contribution in [0.25, 0.3) is 0 Å². The van der Waals surface area contributed by atoms with Crippen LogP contribution in [0, 0.1) is 0 Å². The first-order valence-electron chi connectivity index (χ1n) is 30.2. The van der Waals surface area contributed by atoms with Crippen molar-refractivity contribution in [2.45, 2.75) is 334 Å². The van der Waals surface area contributed by atoms with E-state index >= 15 is 0 Å². The second kappa shape index (κ2) is 57.7. The number of hydrogen-bond acceptors (Lipinski definition) is 5. The normalized spacial score (nSPS) is 12.8. The van der Waals surface area contributed by atoms with Gasteiger partial charge in [0.2, 0.25) is 5.91 Å². The van der Waals surface area contributed by atoms with E-state index in [9.17, 15) is 19.8 Å². The number of carbonyl (C=O) groups is 2. The highest BCUT2D eigenvalue weighted by atomic mass is 16.5. The van der Waals surface area contributed by atoms with E-state index in [0.29, 0.717) is 25.9 Å². The Balaban J connectivity index is 3.42. The molecule has 0 radical (unpaired) electrons. The predicted molar refractivity (Wildman–Crippen MR) is 296 cm³/mol. The molecule has 0 fully saturated rings. The van der Waals surface area contributed by atoms with E-state index in [2.05, 4.69) is 55.6 Å². The minimum Gasteiger partial charge on any atom is -0.466 e. The van der Waals surface area contributed by atoms with E-state index in [-0.39, 0.29) is 18.5 Å². The van der Waals surface area contributed by atoms with Crippen molar-refractivity contribution < 1.29 is 24.5 Å². The lowest BCUT2D eigenvalue weighted by Crippen LogP contribution is -2.45. The fourth-order valence-electron chi connectivity index (χ4n) is 9.24. The van der Waals surface area contributed by atoms with Gasteiger partial charge in [-0.3, -0.25) is 9.59 Å². The van der Waals surface area contributed by atoms with Crippen LogP contribution in [-0.4, -0.2) is 47.4 Å². The number of allylic oxidation sites excluding steroid dienone is 6. The van der Waals surface area contributed by atoms with Crippen LogP contribution in [0.1, 0.15) is 322 Å². The van der Waals surface area contributed by atoms with Gasteiger partial charge in [-0.2, -0.15) is 0 Å². The molecule has 0 aromatic rings. The summed E-state index contributed by atoms with van der Waals surface area (Å²) < 4.78 is 5.45. The Morgan fingerprint density at radius 2 is 0.750 bits per heavy atom. The van der Waals surface area contributed by atoms with Crippen molar-refractivity contribution in [2.24, 2.45) is 0 Å². The summed E-state index contributed by atoms with van der Waals surface area (Å²) in [6, 6.07) is -0.543. The number of carbonyl (C=O) groups excluding carboxylic acids is 2. The molecule has 2 atom stereocenters. The molecule has 0 rings (SSSR count). The number of unbranched alkanes of at least 4 members (excludes halogenated alkanes) is 39. The van der Waals surface area contributed by atoms with Gasteiger partial charge >= 0.3 is 5.97 Å². The lowest BCUT2D eigenvalue weighted by Gasteiger charge is -2.22. The number of aliphatic hydroxyl groups is 2. The monoisotopic (exact) mass is 956 g/mol.